The van der Waals surface area contributed by atoms with Crippen LogP contribution in [-0.4, -0.2) is 26.9 Å². The van der Waals surface area contributed by atoms with E-state index in [1.165, 1.54) is 21.2 Å². The van der Waals surface area contributed by atoms with Crippen molar-refractivity contribution in [3.05, 3.63) is 82.7 Å². The number of fused-ring (bicyclic) bond motifs is 2. The predicted molar refractivity (Wildman–Crippen MR) is 114 cm³/mol. The molecule has 2 aromatic heterocycles. The van der Waals surface area contributed by atoms with E-state index in [-0.39, 0.29) is 37.0 Å². The van der Waals surface area contributed by atoms with Gasteiger partial charge in [-0.2, -0.15) is 5.10 Å². The Morgan fingerprint density at radius 3 is 2.72 bits per heavy atom. The molecular weight excluding hydrogens is 415 g/mol. The number of hydrogen-bond acceptors (Lipinski definition) is 5. The van der Waals surface area contributed by atoms with Crippen LogP contribution in [0.3, 0.4) is 0 Å². The van der Waals surface area contributed by atoms with Crippen LogP contribution in [0.2, 0.25) is 0 Å². The van der Waals surface area contributed by atoms with Crippen LogP contribution < -0.4 is 20.3 Å². The summed E-state index contributed by atoms with van der Waals surface area (Å²) in [7, 11) is 0. The fourth-order valence-corrected chi connectivity index (χ4v) is 3.53. The van der Waals surface area contributed by atoms with Gasteiger partial charge in [0.15, 0.2) is 11.5 Å². The number of nitrogens with zero attached hydrogens (tertiary/aromatic N) is 3. The molecule has 8 nitrogen and oxygen atoms in total. The molecule has 0 saturated heterocycles. The standard InChI is InChI=1S/C23H19FN4O4/c24-17-4-2-16(3-5-17)18-12-19-23(30)27(9-10-28(19)26-18)8-7-22(29)25-13-15-1-6-20-21(11-15)32-14-31-20/h1-6,9-12H,7-8,13-14H2,(H,25,29). The summed E-state index contributed by atoms with van der Waals surface area (Å²) in [5.41, 5.74) is 2.31. The number of ether oxygens (including phenoxy) is 2. The van der Waals surface area contributed by atoms with Crippen LogP contribution in [0.1, 0.15) is 12.0 Å². The van der Waals surface area contributed by atoms with Gasteiger partial charge in [0.05, 0.1) is 5.69 Å². The molecule has 1 aliphatic heterocycles. The molecule has 4 aromatic rings. The quantitative estimate of drug-likeness (QED) is 0.504. The summed E-state index contributed by atoms with van der Waals surface area (Å²) in [5.74, 6) is 0.848. The Balaban J connectivity index is 1.24. The highest BCUT2D eigenvalue weighted by Gasteiger charge is 2.14. The molecule has 0 unspecified atom stereocenters. The second-order valence-corrected chi connectivity index (χ2v) is 7.38. The number of carbonyl (C=O) groups excluding carboxylic acids is 1. The molecule has 5 rings (SSSR count). The van der Waals surface area contributed by atoms with Gasteiger partial charge in [-0.3, -0.25) is 9.59 Å². The lowest BCUT2D eigenvalue weighted by Crippen LogP contribution is -2.27. The van der Waals surface area contributed by atoms with Crippen molar-refractivity contribution in [2.45, 2.75) is 19.5 Å². The van der Waals surface area contributed by atoms with E-state index in [2.05, 4.69) is 10.4 Å². The van der Waals surface area contributed by atoms with Crippen molar-refractivity contribution in [3.63, 3.8) is 0 Å². The zero-order valence-electron chi connectivity index (χ0n) is 17.0. The number of hydrogen-bond donors (Lipinski definition) is 1. The molecule has 162 valence electrons. The number of aryl methyl sites for hydroxylation is 1. The van der Waals surface area contributed by atoms with Gasteiger partial charge in [0, 0.05) is 37.5 Å². The van der Waals surface area contributed by atoms with Crippen molar-refractivity contribution in [1.82, 2.24) is 19.5 Å². The number of carbonyl (C=O) groups is 1. The smallest absolute Gasteiger partial charge is 0.276 e. The minimum Gasteiger partial charge on any atom is -0.454 e. The topological polar surface area (TPSA) is 86.9 Å². The Hall–Kier alpha value is -4.14. The number of halogens is 1. The number of aromatic nitrogens is 3. The average Bonchev–Trinajstić information content (AvgIpc) is 3.45. The molecule has 1 aliphatic rings. The molecular formula is C23H19FN4O4. The van der Waals surface area contributed by atoms with Gasteiger partial charge in [0.25, 0.3) is 5.56 Å². The lowest BCUT2D eigenvalue weighted by Gasteiger charge is -2.08. The van der Waals surface area contributed by atoms with Gasteiger partial charge in [-0.1, -0.05) is 6.07 Å². The first-order valence-electron chi connectivity index (χ1n) is 10.1. The van der Waals surface area contributed by atoms with Crippen molar-refractivity contribution < 1.29 is 18.7 Å². The first-order chi connectivity index (χ1) is 15.6. The van der Waals surface area contributed by atoms with Crippen LogP contribution in [0.15, 0.2) is 65.7 Å². The van der Waals surface area contributed by atoms with E-state index in [1.54, 1.807) is 30.6 Å². The Morgan fingerprint density at radius 1 is 1.06 bits per heavy atom. The first kappa shape index (κ1) is 19.8. The molecule has 2 aromatic carbocycles. The summed E-state index contributed by atoms with van der Waals surface area (Å²) in [4.78, 5) is 25.1. The summed E-state index contributed by atoms with van der Waals surface area (Å²) >= 11 is 0. The highest BCUT2D eigenvalue weighted by molar-refractivity contribution is 5.75. The lowest BCUT2D eigenvalue weighted by atomic mass is 10.1. The Bertz CT molecular complexity index is 1360. The van der Waals surface area contributed by atoms with Crippen molar-refractivity contribution >= 4 is 11.4 Å². The molecule has 0 spiro atoms. The summed E-state index contributed by atoms with van der Waals surface area (Å²) in [6.45, 7) is 0.791. The molecule has 0 saturated carbocycles. The Morgan fingerprint density at radius 2 is 1.88 bits per heavy atom. The molecule has 0 atom stereocenters. The van der Waals surface area contributed by atoms with Crippen molar-refractivity contribution in [2.24, 2.45) is 0 Å². The van der Waals surface area contributed by atoms with E-state index in [4.69, 9.17) is 9.47 Å². The van der Waals surface area contributed by atoms with Gasteiger partial charge in [-0.15, -0.1) is 0 Å². The number of benzene rings is 2. The predicted octanol–water partition coefficient (Wildman–Crippen LogP) is 2.74. The van der Waals surface area contributed by atoms with Gasteiger partial charge >= 0.3 is 0 Å². The normalized spacial score (nSPS) is 12.3. The fraction of sp³-hybridized carbons (Fsp3) is 0.174. The highest BCUT2D eigenvalue weighted by atomic mass is 19.1. The molecule has 1 N–H and O–H groups in total. The van der Waals surface area contributed by atoms with Crippen LogP contribution in [0.5, 0.6) is 11.5 Å². The SMILES string of the molecule is O=C(CCn1ccn2nc(-c3ccc(F)cc3)cc2c1=O)NCc1ccc2c(c1)OCO2. The third kappa shape index (κ3) is 3.92. The summed E-state index contributed by atoms with van der Waals surface area (Å²) in [5, 5.41) is 7.23. The number of rotatable bonds is 6. The van der Waals surface area contributed by atoms with Crippen molar-refractivity contribution in [1.29, 1.82) is 0 Å². The second kappa shape index (κ2) is 8.18. The molecule has 32 heavy (non-hydrogen) atoms. The fourth-order valence-electron chi connectivity index (χ4n) is 3.53. The van der Waals surface area contributed by atoms with E-state index < -0.39 is 0 Å². The van der Waals surface area contributed by atoms with Crippen molar-refractivity contribution in [3.8, 4) is 22.8 Å². The maximum atomic E-state index is 13.2. The highest BCUT2D eigenvalue weighted by Crippen LogP contribution is 2.32. The van der Waals surface area contributed by atoms with Gasteiger partial charge < -0.3 is 19.4 Å². The molecule has 0 aliphatic carbocycles. The van der Waals surface area contributed by atoms with Crippen molar-refractivity contribution in [2.75, 3.05) is 6.79 Å². The van der Waals surface area contributed by atoms with Gasteiger partial charge in [0.2, 0.25) is 12.7 Å². The van der Waals surface area contributed by atoms with Gasteiger partial charge in [0.1, 0.15) is 11.3 Å². The number of nitrogens with one attached hydrogen (secondary N) is 1. The van der Waals surface area contributed by atoms with Crippen LogP contribution in [0.4, 0.5) is 4.39 Å². The van der Waals surface area contributed by atoms with Crippen LogP contribution in [0.25, 0.3) is 16.8 Å². The van der Waals surface area contributed by atoms with E-state index in [0.29, 0.717) is 34.8 Å². The summed E-state index contributed by atoms with van der Waals surface area (Å²) < 4.78 is 26.7. The zero-order valence-corrected chi connectivity index (χ0v) is 17.0. The second-order valence-electron chi connectivity index (χ2n) is 7.38. The van der Waals surface area contributed by atoms with E-state index in [9.17, 15) is 14.0 Å². The Kier molecular flexibility index (Phi) is 5.06. The third-order valence-electron chi connectivity index (χ3n) is 5.25. The third-order valence-corrected chi connectivity index (χ3v) is 5.25. The van der Waals surface area contributed by atoms with E-state index >= 15 is 0 Å². The molecule has 1 amide bonds. The van der Waals surface area contributed by atoms with Crippen LogP contribution in [-0.2, 0) is 17.9 Å². The first-order valence-corrected chi connectivity index (χ1v) is 10.1. The summed E-state index contributed by atoms with van der Waals surface area (Å²) in [6, 6.07) is 13.1. The number of amides is 1. The van der Waals surface area contributed by atoms with Crippen LogP contribution >= 0.6 is 0 Å². The van der Waals surface area contributed by atoms with Gasteiger partial charge in [-0.25, -0.2) is 8.91 Å². The molecule has 9 heteroatoms. The minimum atomic E-state index is -0.336. The molecule has 3 heterocycles. The Labute approximate surface area is 181 Å². The minimum absolute atomic E-state index is 0.152. The maximum absolute atomic E-state index is 13.2. The summed E-state index contributed by atoms with van der Waals surface area (Å²) in [6.07, 6.45) is 3.41. The monoisotopic (exact) mass is 434 g/mol. The molecule has 0 fully saturated rings. The molecule has 0 bridgehead atoms. The van der Waals surface area contributed by atoms with Gasteiger partial charge in [-0.05, 0) is 48.0 Å². The average molecular weight is 434 g/mol. The maximum Gasteiger partial charge on any atom is 0.276 e. The molecule has 0 radical (unpaired) electrons. The zero-order chi connectivity index (χ0) is 22.1. The van der Waals surface area contributed by atoms with E-state index in [0.717, 1.165) is 5.56 Å². The van der Waals surface area contributed by atoms with E-state index in [1.807, 2.05) is 18.2 Å². The largest absolute Gasteiger partial charge is 0.454 e. The van der Waals surface area contributed by atoms with Crippen LogP contribution in [0, 0.1) is 5.82 Å². The lowest BCUT2D eigenvalue weighted by molar-refractivity contribution is -0.121.